The lowest BCUT2D eigenvalue weighted by atomic mass is 9.67. The van der Waals surface area contributed by atoms with E-state index in [1.165, 1.54) is 11.3 Å². The monoisotopic (exact) mass is 550 g/mol. The van der Waals surface area contributed by atoms with Gasteiger partial charge in [0, 0.05) is 22.6 Å². The van der Waals surface area contributed by atoms with Gasteiger partial charge in [0.05, 0.1) is 44.6 Å². The van der Waals surface area contributed by atoms with Crippen molar-refractivity contribution >= 4 is 23.3 Å². The predicted molar refractivity (Wildman–Crippen MR) is 150 cm³/mol. The van der Waals surface area contributed by atoms with Gasteiger partial charge in [-0.2, -0.15) is 0 Å². The molecule has 9 heteroatoms. The molecule has 0 saturated carbocycles. The van der Waals surface area contributed by atoms with E-state index in [2.05, 4.69) is 5.32 Å². The maximum absolute atomic E-state index is 13.8. The molecule has 206 valence electrons. The highest BCUT2D eigenvalue weighted by atomic mass is 32.1. The zero-order valence-corrected chi connectivity index (χ0v) is 23.9. The van der Waals surface area contributed by atoms with Gasteiger partial charge in [0.1, 0.15) is 22.0 Å². The van der Waals surface area contributed by atoms with Crippen LogP contribution in [0.3, 0.4) is 0 Å². The maximum atomic E-state index is 13.8. The van der Waals surface area contributed by atoms with Crippen molar-refractivity contribution in [3.05, 3.63) is 75.8 Å². The van der Waals surface area contributed by atoms with Gasteiger partial charge in [0.15, 0.2) is 0 Å². The highest BCUT2D eigenvalue weighted by Gasteiger charge is 2.54. The third kappa shape index (κ3) is 5.36. The van der Waals surface area contributed by atoms with Crippen LogP contribution in [0, 0.1) is 5.92 Å². The lowest BCUT2D eigenvalue weighted by Crippen LogP contribution is -2.55. The summed E-state index contributed by atoms with van der Waals surface area (Å²) in [6.07, 6.45) is 0. The van der Waals surface area contributed by atoms with E-state index in [4.69, 9.17) is 23.9 Å². The number of esters is 2. The number of hydrogen-bond acceptors (Lipinski definition) is 9. The van der Waals surface area contributed by atoms with E-state index in [0.29, 0.717) is 33.5 Å². The second-order valence-corrected chi connectivity index (χ2v) is 10.2. The van der Waals surface area contributed by atoms with Crippen molar-refractivity contribution in [3.8, 4) is 22.8 Å². The molecule has 1 aliphatic rings. The summed E-state index contributed by atoms with van der Waals surface area (Å²) in [5.41, 5.74) is 2.31. The van der Waals surface area contributed by atoms with Crippen molar-refractivity contribution in [2.24, 2.45) is 5.92 Å². The van der Waals surface area contributed by atoms with Crippen LogP contribution in [0.5, 0.6) is 11.5 Å². The normalized spacial score (nSPS) is 20.7. The standard InChI is InChI=1S/C30H34N2O6S/c1-7-37-27(33)24-18(3)32-30(4,26(28(34)38-8-2)25(24)19-12-10-9-11-13-19)29-31-22(17-39-29)21-16-20(35-5)14-15-23(21)36-6/h9-17,25-26,32H,7-8H2,1-6H3. The number of nitrogens with zero attached hydrogens (tertiary/aromatic N) is 1. The number of ether oxygens (including phenoxy) is 4. The number of benzene rings is 2. The molecule has 3 unspecified atom stereocenters. The van der Waals surface area contributed by atoms with Crippen molar-refractivity contribution in [2.75, 3.05) is 27.4 Å². The first-order valence-electron chi connectivity index (χ1n) is 12.8. The maximum Gasteiger partial charge on any atom is 0.336 e. The molecule has 0 bridgehead atoms. The molecule has 1 aromatic heterocycles. The van der Waals surface area contributed by atoms with Crippen molar-refractivity contribution in [3.63, 3.8) is 0 Å². The summed E-state index contributed by atoms with van der Waals surface area (Å²) in [7, 11) is 3.21. The first-order chi connectivity index (χ1) is 18.8. The molecule has 0 amide bonds. The second-order valence-electron chi connectivity index (χ2n) is 9.31. The predicted octanol–water partition coefficient (Wildman–Crippen LogP) is 5.45. The van der Waals surface area contributed by atoms with Gasteiger partial charge in [-0.3, -0.25) is 4.79 Å². The molecule has 0 fully saturated rings. The number of thiazole rings is 1. The minimum Gasteiger partial charge on any atom is -0.497 e. The van der Waals surface area contributed by atoms with Gasteiger partial charge in [-0.15, -0.1) is 11.3 Å². The second kappa shape index (κ2) is 11.9. The molecule has 4 rings (SSSR count). The molecule has 2 aromatic carbocycles. The number of allylic oxidation sites excluding steroid dienone is 1. The third-order valence-electron chi connectivity index (χ3n) is 6.94. The first-order valence-corrected chi connectivity index (χ1v) is 13.7. The molecule has 8 nitrogen and oxygen atoms in total. The van der Waals surface area contributed by atoms with E-state index in [0.717, 1.165) is 11.1 Å². The Morgan fingerprint density at radius 1 is 1.03 bits per heavy atom. The van der Waals surface area contributed by atoms with Gasteiger partial charge < -0.3 is 24.3 Å². The molecule has 0 radical (unpaired) electrons. The van der Waals surface area contributed by atoms with Gasteiger partial charge in [0.25, 0.3) is 0 Å². The van der Waals surface area contributed by atoms with Crippen LogP contribution < -0.4 is 14.8 Å². The first kappa shape index (κ1) is 28.2. The van der Waals surface area contributed by atoms with E-state index in [1.807, 2.05) is 67.8 Å². The highest BCUT2D eigenvalue weighted by Crippen LogP contribution is 2.50. The molecule has 3 aromatic rings. The number of aromatic nitrogens is 1. The molecule has 3 atom stereocenters. The molecule has 39 heavy (non-hydrogen) atoms. The lowest BCUT2D eigenvalue weighted by molar-refractivity contribution is -0.152. The van der Waals surface area contributed by atoms with E-state index in [-0.39, 0.29) is 13.2 Å². The molecule has 2 heterocycles. The summed E-state index contributed by atoms with van der Waals surface area (Å²) >= 11 is 1.42. The number of methoxy groups -OCH3 is 2. The fourth-order valence-corrected chi connectivity index (χ4v) is 6.19. The Morgan fingerprint density at radius 3 is 2.38 bits per heavy atom. The summed E-state index contributed by atoms with van der Waals surface area (Å²) in [5, 5.41) is 6.07. The van der Waals surface area contributed by atoms with Crippen LogP contribution >= 0.6 is 11.3 Å². The van der Waals surface area contributed by atoms with Crippen LogP contribution in [0.4, 0.5) is 0 Å². The van der Waals surface area contributed by atoms with Crippen molar-refractivity contribution < 1.29 is 28.5 Å². The zero-order chi connectivity index (χ0) is 28.2. The summed E-state index contributed by atoms with van der Waals surface area (Å²) in [6.45, 7) is 7.72. The molecule has 0 saturated heterocycles. The zero-order valence-electron chi connectivity index (χ0n) is 23.1. The average Bonchev–Trinajstić information content (AvgIpc) is 3.44. The lowest BCUT2D eigenvalue weighted by Gasteiger charge is -2.45. The van der Waals surface area contributed by atoms with Gasteiger partial charge in [-0.25, -0.2) is 9.78 Å². The Labute approximate surface area is 233 Å². The Morgan fingerprint density at radius 2 is 1.74 bits per heavy atom. The Balaban J connectivity index is 1.91. The number of hydrogen-bond donors (Lipinski definition) is 1. The van der Waals surface area contributed by atoms with Crippen molar-refractivity contribution in [1.29, 1.82) is 0 Å². The topological polar surface area (TPSA) is 96.0 Å². The Bertz CT molecular complexity index is 1370. The van der Waals surface area contributed by atoms with E-state index < -0.39 is 29.3 Å². The number of carbonyl (C=O) groups excluding carboxylic acids is 2. The van der Waals surface area contributed by atoms with Crippen LogP contribution in [-0.2, 0) is 24.6 Å². The fraction of sp³-hybridized carbons (Fsp3) is 0.367. The summed E-state index contributed by atoms with van der Waals surface area (Å²) in [5.74, 6) is -0.989. The third-order valence-corrected chi connectivity index (χ3v) is 8.02. The van der Waals surface area contributed by atoms with Gasteiger partial charge >= 0.3 is 11.9 Å². The Kier molecular flexibility index (Phi) is 8.60. The number of nitrogens with one attached hydrogen (secondary N) is 1. The molecular weight excluding hydrogens is 516 g/mol. The summed E-state index contributed by atoms with van der Waals surface area (Å²) in [4.78, 5) is 32.0. The number of carbonyl (C=O) groups is 2. The minimum absolute atomic E-state index is 0.203. The van der Waals surface area contributed by atoms with Crippen LogP contribution in [0.15, 0.2) is 65.2 Å². The molecule has 0 spiro atoms. The van der Waals surface area contributed by atoms with Gasteiger partial charge in [-0.1, -0.05) is 30.3 Å². The van der Waals surface area contributed by atoms with Crippen molar-refractivity contribution in [1.82, 2.24) is 10.3 Å². The van der Waals surface area contributed by atoms with Crippen LogP contribution in [0.1, 0.15) is 44.2 Å². The van der Waals surface area contributed by atoms with Crippen LogP contribution in [0.2, 0.25) is 0 Å². The van der Waals surface area contributed by atoms with Crippen LogP contribution in [0.25, 0.3) is 11.3 Å². The number of rotatable bonds is 9. The molecule has 0 aliphatic carbocycles. The summed E-state index contributed by atoms with van der Waals surface area (Å²) < 4.78 is 22.1. The van der Waals surface area contributed by atoms with Crippen molar-refractivity contribution in [2.45, 2.75) is 39.2 Å². The smallest absolute Gasteiger partial charge is 0.336 e. The van der Waals surface area contributed by atoms with Gasteiger partial charge in [0.2, 0.25) is 0 Å². The molecule has 1 aliphatic heterocycles. The molecule has 1 N–H and O–H groups in total. The fourth-order valence-electron chi connectivity index (χ4n) is 5.22. The highest BCUT2D eigenvalue weighted by molar-refractivity contribution is 7.10. The van der Waals surface area contributed by atoms with Crippen LogP contribution in [-0.4, -0.2) is 44.4 Å². The summed E-state index contributed by atoms with van der Waals surface area (Å²) in [6, 6.07) is 15.1. The van der Waals surface area contributed by atoms with E-state index >= 15 is 0 Å². The largest absolute Gasteiger partial charge is 0.497 e. The SMILES string of the molecule is CCOC(=O)C1=C(C)NC(C)(c2nc(-c3cc(OC)ccc3OC)cs2)C(C(=O)OCC)C1c1ccccc1. The van der Waals surface area contributed by atoms with E-state index in [1.54, 1.807) is 28.1 Å². The van der Waals surface area contributed by atoms with Gasteiger partial charge in [-0.05, 0) is 51.5 Å². The van der Waals surface area contributed by atoms with E-state index in [9.17, 15) is 9.59 Å². The Hall–Kier alpha value is -3.85. The molecular formula is C30H34N2O6S. The minimum atomic E-state index is -0.998. The quantitative estimate of drug-likeness (QED) is 0.352. The average molecular weight is 551 g/mol.